The van der Waals surface area contributed by atoms with Crippen LogP contribution in [0, 0.1) is 5.82 Å². The van der Waals surface area contributed by atoms with Gasteiger partial charge in [0.05, 0.1) is 6.04 Å². The fourth-order valence-corrected chi connectivity index (χ4v) is 2.76. The topological polar surface area (TPSA) is 15.3 Å². The van der Waals surface area contributed by atoms with Crippen molar-refractivity contribution >= 4 is 40.7 Å². The monoisotopic (exact) mass is 370 g/mol. The van der Waals surface area contributed by atoms with Crippen LogP contribution in [-0.4, -0.2) is 31.1 Å². The molecular weight excluding hydrogens is 354 g/mol. The number of piperazine rings is 1. The SMILES string of the molecule is C=C[C@@H](c1ccc(F)cc1Br)N1CCNCC1.Cl.Cl. The van der Waals surface area contributed by atoms with Crippen molar-refractivity contribution in [3.63, 3.8) is 0 Å². The smallest absolute Gasteiger partial charge is 0.124 e. The summed E-state index contributed by atoms with van der Waals surface area (Å²) in [5.41, 5.74) is 1.07. The third-order valence-corrected chi connectivity index (χ3v) is 3.74. The molecule has 0 aromatic heterocycles. The van der Waals surface area contributed by atoms with Gasteiger partial charge >= 0.3 is 0 Å². The highest BCUT2D eigenvalue weighted by Gasteiger charge is 2.21. The van der Waals surface area contributed by atoms with E-state index in [2.05, 4.69) is 32.7 Å². The lowest BCUT2D eigenvalue weighted by atomic mass is 10.0. The summed E-state index contributed by atoms with van der Waals surface area (Å²) >= 11 is 3.43. The lowest BCUT2D eigenvalue weighted by molar-refractivity contribution is 0.203. The second-order valence-electron chi connectivity index (χ2n) is 4.13. The highest BCUT2D eigenvalue weighted by Crippen LogP contribution is 2.29. The normalized spacial score (nSPS) is 16.9. The van der Waals surface area contributed by atoms with Gasteiger partial charge in [-0.2, -0.15) is 0 Å². The molecule has 2 nitrogen and oxygen atoms in total. The molecule has 1 heterocycles. The first-order chi connectivity index (χ1) is 8.22. The molecule has 0 radical (unpaired) electrons. The quantitative estimate of drug-likeness (QED) is 0.817. The Balaban J connectivity index is 0.00000162. The molecule has 1 atom stereocenters. The van der Waals surface area contributed by atoms with Crippen LogP contribution in [0.3, 0.4) is 0 Å². The number of hydrogen-bond acceptors (Lipinski definition) is 2. The lowest BCUT2D eigenvalue weighted by Crippen LogP contribution is -2.44. The summed E-state index contributed by atoms with van der Waals surface area (Å²) in [7, 11) is 0. The molecule has 1 aromatic carbocycles. The molecule has 1 aliphatic rings. The molecule has 0 spiro atoms. The zero-order chi connectivity index (χ0) is 12.3. The molecule has 0 amide bonds. The minimum atomic E-state index is -0.219. The third kappa shape index (κ3) is 4.72. The number of benzene rings is 1. The second-order valence-corrected chi connectivity index (χ2v) is 4.99. The molecule has 1 N–H and O–H groups in total. The van der Waals surface area contributed by atoms with E-state index in [4.69, 9.17) is 0 Å². The van der Waals surface area contributed by atoms with E-state index in [0.29, 0.717) is 0 Å². The van der Waals surface area contributed by atoms with Crippen molar-refractivity contribution in [2.45, 2.75) is 6.04 Å². The van der Waals surface area contributed by atoms with Gasteiger partial charge in [0, 0.05) is 30.7 Å². The standard InChI is InChI=1S/C13H16BrFN2.2ClH/c1-2-13(17-7-5-16-6-8-17)11-4-3-10(15)9-12(11)14;;/h2-4,9,13,16H,1,5-8H2;2*1H/t13-;;/m0../s1. The van der Waals surface area contributed by atoms with Crippen LogP contribution >= 0.6 is 40.7 Å². The van der Waals surface area contributed by atoms with Crippen LogP contribution in [0.15, 0.2) is 35.3 Å². The zero-order valence-electron chi connectivity index (χ0n) is 10.4. The number of rotatable bonds is 3. The third-order valence-electron chi connectivity index (χ3n) is 3.05. The molecular formula is C13H18BrCl2FN2. The number of halogens is 4. The summed E-state index contributed by atoms with van der Waals surface area (Å²) in [5, 5.41) is 3.32. The van der Waals surface area contributed by atoms with Gasteiger partial charge in [-0.15, -0.1) is 31.4 Å². The molecule has 1 saturated heterocycles. The molecule has 0 unspecified atom stereocenters. The highest BCUT2D eigenvalue weighted by atomic mass is 79.9. The first-order valence-corrected chi connectivity index (χ1v) is 6.54. The van der Waals surface area contributed by atoms with Gasteiger partial charge in [-0.1, -0.05) is 28.1 Å². The van der Waals surface area contributed by atoms with E-state index >= 15 is 0 Å². The van der Waals surface area contributed by atoms with Crippen LogP contribution < -0.4 is 5.32 Å². The van der Waals surface area contributed by atoms with Gasteiger partial charge in [0.15, 0.2) is 0 Å². The summed E-state index contributed by atoms with van der Waals surface area (Å²) in [5.74, 6) is -0.219. The summed E-state index contributed by atoms with van der Waals surface area (Å²) in [4.78, 5) is 2.35. The van der Waals surface area contributed by atoms with Crippen molar-refractivity contribution in [2.24, 2.45) is 0 Å². The van der Waals surface area contributed by atoms with Gasteiger partial charge in [0.2, 0.25) is 0 Å². The van der Waals surface area contributed by atoms with Crippen LogP contribution in [0.4, 0.5) is 4.39 Å². The first kappa shape index (κ1) is 18.9. The maximum atomic E-state index is 13.1. The number of nitrogens with one attached hydrogen (secondary N) is 1. The first-order valence-electron chi connectivity index (χ1n) is 5.74. The molecule has 108 valence electrons. The highest BCUT2D eigenvalue weighted by molar-refractivity contribution is 9.10. The van der Waals surface area contributed by atoms with Crippen molar-refractivity contribution in [1.82, 2.24) is 10.2 Å². The molecule has 6 heteroatoms. The minimum Gasteiger partial charge on any atom is -0.314 e. The molecule has 0 saturated carbocycles. The van der Waals surface area contributed by atoms with E-state index in [0.717, 1.165) is 36.2 Å². The average molecular weight is 372 g/mol. The van der Waals surface area contributed by atoms with Crippen LogP contribution in [0.1, 0.15) is 11.6 Å². The van der Waals surface area contributed by atoms with E-state index in [1.807, 2.05) is 12.1 Å². The molecule has 1 aliphatic heterocycles. The Morgan fingerprint density at radius 2 is 1.95 bits per heavy atom. The van der Waals surface area contributed by atoms with Crippen LogP contribution in [-0.2, 0) is 0 Å². The Morgan fingerprint density at radius 3 is 2.47 bits per heavy atom. The molecule has 1 aromatic rings. The maximum absolute atomic E-state index is 13.1. The fraction of sp³-hybridized carbons (Fsp3) is 0.385. The van der Waals surface area contributed by atoms with Crippen LogP contribution in [0.5, 0.6) is 0 Å². The van der Waals surface area contributed by atoms with E-state index in [9.17, 15) is 4.39 Å². The molecule has 0 aliphatic carbocycles. The Kier molecular flexibility index (Phi) is 8.86. The number of nitrogens with zero attached hydrogens (tertiary/aromatic N) is 1. The van der Waals surface area contributed by atoms with E-state index in [1.165, 1.54) is 12.1 Å². The van der Waals surface area contributed by atoms with Crippen molar-refractivity contribution in [2.75, 3.05) is 26.2 Å². The van der Waals surface area contributed by atoms with Gasteiger partial charge in [0.1, 0.15) is 5.82 Å². The Bertz CT molecular complexity index is 412. The van der Waals surface area contributed by atoms with Crippen LogP contribution in [0.2, 0.25) is 0 Å². The van der Waals surface area contributed by atoms with Gasteiger partial charge in [-0.25, -0.2) is 4.39 Å². The van der Waals surface area contributed by atoms with Gasteiger partial charge in [-0.3, -0.25) is 4.90 Å². The minimum absolute atomic E-state index is 0. The van der Waals surface area contributed by atoms with Crippen molar-refractivity contribution in [1.29, 1.82) is 0 Å². The van der Waals surface area contributed by atoms with E-state index in [1.54, 1.807) is 0 Å². The van der Waals surface area contributed by atoms with Crippen molar-refractivity contribution < 1.29 is 4.39 Å². The molecule has 19 heavy (non-hydrogen) atoms. The largest absolute Gasteiger partial charge is 0.314 e. The Labute approximate surface area is 134 Å². The molecule has 2 rings (SSSR count). The predicted molar refractivity (Wildman–Crippen MR) is 86.0 cm³/mol. The lowest BCUT2D eigenvalue weighted by Gasteiger charge is -2.33. The zero-order valence-corrected chi connectivity index (χ0v) is 13.7. The average Bonchev–Trinajstić information content (AvgIpc) is 2.34. The molecule has 0 bridgehead atoms. The van der Waals surface area contributed by atoms with E-state index in [-0.39, 0.29) is 36.7 Å². The van der Waals surface area contributed by atoms with Crippen molar-refractivity contribution in [3.05, 3.63) is 46.7 Å². The second kappa shape index (κ2) is 8.93. The summed E-state index contributed by atoms with van der Waals surface area (Å²) < 4.78 is 13.9. The van der Waals surface area contributed by atoms with E-state index < -0.39 is 0 Å². The summed E-state index contributed by atoms with van der Waals surface area (Å²) in [6.45, 7) is 7.85. The summed E-state index contributed by atoms with van der Waals surface area (Å²) in [6, 6.07) is 4.98. The maximum Gasteiger partial charge on any atom is 0.124 e. The van der Waals surface area contributed by atoms with Gasteiger partial charge < -0.3 is 5.32 Å². The summed E-state index contributed by atoms with van der Waals surface area (Å²) in [6.07, 6.45) is 1.92. The van der Waals surface area contributed by atoms with Gasteiger partial charge in [-0.05, 0) is 17.7 Å². The fourth-order valence-electron chi connectivity index (χ4n) is 2.17. The molecule has 1 fully saturated rings. The van der Waals surface area contributed by atoms with Crippen LogP contribution in [0.25, 0.3) is 0 Å². The van der Waals surface area contributed by atoms with Gasteiger partial charge in [0.25, 0.3) is 0 Å². The Hall–Kier alpha value is -0.130. The predicted octanol–water partition coefficient (Wildman–Crippen LogP) is 3.56. The Morgan fingerprint density at radius 1 is 1.32 bits per heavy atom. The number of hydrogen-bond donors (Lipinski definition) is 1. The van der Waals surface area contributed by atoms with Crippen molar-refractivity contribution in [3.8, 4) is 0 Å².